The Kier molecular flexibility index (Phi) is 8.77. The van der Waals surface area contributed by atoms with Gasteiger partial charge in [0, 0.05) is 13.7 Å². The fourth-order valence-corrected chi connectivity index (χ4v) is 0.439. The molecule has 0 N–H and O–H groups in total. The van der Waals surface area contributed by atoms with Crippen LogP contribution in [0.1, 0.15) is 12.8 Å². The van der Waals surface area contributed by atoms with Gasteiger partial charge in [0.1, 0.15) is 13.6 Å². The zero-order valence-electron chi connectivity index (χ0n) is 6.47. The largest absolute Gasteiger partial charge is 0.359 e. The first-order chi connectivity index (χ1) is 4.91. The molecule has 0 saturated carbocycles. The van der Waals surface area contributed by atoms with Crippen molar-refractivity contribution < 1.29 is 14.2 Å². The Morgan fingerprint density at radius 3 is 2.60 bits per heavy atom. The van der Waals surface area contributed by atoms with E-state index in [9.17, 15) is 0 Å². The standard InChI is InChI=1S/C7H15O3/c1-3-4-5-9-7-10-6-8-2/h1,3-7H2,2H3. The van der Waals surface area contributed by atoms with Crippen LogP contribution in [0.4, 0.5) is 0 Å². The molecular weight excluding hydrogens is 132 g/mol. The van der Waals surface area contributed by atoms with Gasteiger partial charge in [-0.15, -0.1) is 0 Å². The van der Waals surface area contributed by atoms with Crippen molar-refractivity contribution >= 4 is 0 Å². The summed E-state index contributed by atoms with van der Waals surface area (Å²) in [6.07, 6.45) is 1.89. The van der Waals surface area contributed by atoms with Gasteiger partial charge in [-0.3, -0.25) is 0 Å². The Hall–Kier alpha value is -0.120. The van der Waals surface area contributed by atoms with Crippen molar-refractivity contribution in [3.63, 3.8) is 0 Å². The molecule has 0 saturated heterocycles. The molecule has 0 aliphatic heterocycles. The number of methoxy groups -OCH3 is 1. The molecule has 0 aromatic heterocycles. The number of hydrogen-bond acceptors (Lipinski definition) is 3. The minimum absolute atomic E-state index is 0.296. The monoisotopic (exact) mass is 147 g/mol. The van der Waals surface area contributed by atoms with E-state index in [1.807, 2.05) is 0 Å². The highest BCUT2D eigenvalue weighted by Gasteiger charge is 1.85. The van der Waals surface area contributed by atoms with Crippen LogP contribution in [0, 0.1) is 6.92 Å². The topological polar surface area (TPSA) is 27.7 Å². The average molecular weight is 147 g/mol. The van der Waals surface area contributed by atoms with E-state index in [4.69, 9.17) is 9.47 Å². The maximum atomic E-state index is 5.03. The average Bonchev–Trinajstić information content (AvgIpc) is 1.97. The van der Waals surface area contributed by atoms with E-state index in [0.29, 0.717) is 20.2 Å². The highest BCUT2D eigenvalue weighted by atomic mass is 16.7. The SMILES string of the molecule is [CH2]CCCOCOCOC. The quantitative estimate of drug-likeness (QED) is 0.400. The molecule has 0 heterocycles. The number of rotatable bonds is 7. The van der Waals surface area contributed by atoms with E-state index >= 15 is 0 Å². The number of ether oxygens (including phenoxy) is 3. The van der Waals surface area contributed by atoms with Gasteiger partial charge in [0.2, 0.25) is 0 Å². The van der Waals surface area contributed by atoms with Crippen LogP contribution in [0.3, 0.4) is 0 Å². The molecule has 0 aliphatic rings. The third kappa shape index (κ3) is 7.88. The van der Waals surface area contributed by atoms with Crippen molar-refractivity contribution in [3.8, 4) is 0 Å². The van der Waals surface area contributed by atoms with E-state index in [-0.39, 0.29) is 0 Å². The van der Waals surface area contributed by atoms with Gasteiger partial charge < -0.3 is 14.2 Å². The van der Waals surface area contributed by atoms with Crippen LogP contribution in [0.2, 0.25) is 0 Å². The molecule has 0 spiro atoms. The summed E-state index contributed by atoms with van der Waals surface area (Å²) in [5.41, 5.74) is 0. The van der Waals surface area contributed by atoms with Gasteiger partial charge in [-0.2, -0.15) is 0 Å². The molecule has 0 rings (SSSR count). The lowest BCUT2D eigenvalue weighted by molar-refractivity contribution is -0.120. The van der Waals surface area contributed by atoms with Crippen LogP contribution in [-0.2, 0) is 14.2 Å². The lowest BCUT2D eigenvalue weighted by Gasteiger charge is -2.02. The summed E-state index contributed by atoms with van der Waals surface area (Å²) in [6, 6.07) is 0. The molecular formula is C7H15O3. The Bertz CT molecular complexity index is 48.8. The van der Waals surface area contributed by atoms with Crippen molar-refractivity contribution in [2.24, 2.45) is 0 Å². The molecule has 10 heavy (non-hydrogen) atoms. The molecule has 3 nitrogen and oxygen atoms in total. The second-order valence-corrected chi connectivity index (χ2v) is 1.84. The first-order valence-electron chi connectivity index (χ1n) is 3.35. The van der Waals surface area contributed by atoms with Crippen LogP contribution >= 0.6 is 0 Å². The van der Waals surface area contributed by atoms with Crippen molar-refractivity contribution in [1.82, 2.24) is 0 Å². The molecule has 0 unspecified atom stereocenters. The fraction of sp³-hybridized carbons (Fsp3) is 0.857. The Morgan fingerprint density at radius 1 is 1.20 bits per heavy atom. The first-order valence-corrected chi connectivity index (χ1v) is 3.35. The summed E-state index contributed by atoms with van der Waals surface area (Å²) >= 11 is 0. The minimum Gasteiger partial charge on any atom is -0.359 e. The Morgan fingerprint density at radius 2 is 2.00 bits per heavy atom. The molecule has 0 aromatic carbocycles. The zero-order chi connectivity index (χ0) is 7.66. The van der Waals surface area contributed by atoms with E-state index in [0.717, 1.165) is 12.8 Å². The van der Waals surface area contributed by atoms with Gasteiger partial charge in [0.05, 0.1) is 0 Å². The summed E-state index contributed by atoms with van der Waals surface area (Å²) in [4.78, 5) is 0. The van der Waals surface area contributed by atoms with E-state index in [2.05, 4.69) is 11.7 Å². The lowest BCUT2D eigenvalue weighted by Crippen LogP contribution is -2.03. The first kappa shape index (κ1) is 9.88. The maximum Gasteiger partial charge on any atom is 0.149 e. The van der Waals surface area contributed by atoms with Gasteiger partial charge >= 0.3 is 0 Å². The van der Waals surface area contributed by atoms with Crippen LogP contribution < -0.4 is 0 Å². The van der Waals surface area contributed by atoms with Crippen LogP contribution in [0.5, 0.6) is 0 Å². The summed E-state index contributed by atoms with van der Waals surface area (Å²) in [5, 5.41) is 0. The van der Waals surface area contributed by atoms with Gasteiger partial charge in [0.15, 0.2) is 0 Å². The van der Waals surface area contributed by atoms with Gasteiger partial charge in [-0.1, -0.05) is 13.3 Å². The predicted octanol–water partition coefficient (Wildman–Crippen LogP) is 1.20. The van der Waals surface area contributed by atoms with Crippen molar-refractivity contribution in [2.75, 3.05) is 27.3 Å². The lowest BCUT2D eigenvalue weighted by atomic mass is 10.4. The van der Waals surface area contributed by atoms with E-state index in [1.165, 1.54) is 0 Å². The van der Waals surface area contributed by atoms with Crippen LogP contribution in [0.15, 0.2) is 0 Å². The van der Waals surface area contributed by atoms with Gasteiger partial charge in [0.25, 0.3) is 0 Å². The summed E-state index contributed by atoms with van der Waals surface area (Å²) < 4.78 is 14.5. The maximum absolute atomic E-state index is 5.03. The third-order valence-corrected chi connectivity index (χ3v) is 0.907. The molecule has 3 heteroatoms. The second kappa shape index (κ2) is 8.88. The van der Waals surface area contributed by atoms with E-state index < -0.39 is 0 Å². The molecule has 61 valence electrons. The molecule has 0 fully saturated rings. The highest BCUT2D eigenvalue weighted by Crippen LogP contribution is 1.87. The smallest absolute Gasteiger partial charge is 0.149 e. The summed E-state index contributed by atoms with van der Waals surface area (Å²) in [6.45, 7) is 5.00. The predicted molar refractivity (Wildman–Crippen MR) is 38.4 cm³/mol. The molecule has 0 amide bonds. The molecule has 0 aliphatic carbocycles. The minimum atomic E-state index is 0.296. The highest BCUT2D eigenvalue weighted by molar-refractivity contribution is 4.37. The van der Waals surface area contributed by atoms with Gasteiger partial charge in [-0.05, 0) is 6.42 Å². The number of unbranched alkanes of at least 4 members (excludes halogenated alkanes) is 1. The molecule has 0 bridgehead atoms. The molecule has 1 radical (unpaired) electrons. The van der Waals surface area contributed by atoms with Crippen LogP contribution in [-0.4, -0.2) is 27.3 Å². The molecule has 0 atom stereocenters. The second-order valence-electron chi connectivity index (χ2n) is 1.84. The van der Waals surface area contributed by atoms with Gasteiger partial charge in [-0.25, -0.2) is 0 Å². The number of hydrogen-bond donors (Lipinski definition) is 0. The van der Waals surface area contributed by atoms with Crippen LogP contribution in [0.25, 0.3) is 0 Å². The Labute approximate surface area is 62.3 Å². The fourth-order valence-electron chi connectivity index (χ4n) is 0.439. The summed E-state index contributed by atoms with van der Waals surface area (Å²) in [7, 11) is 1.58. The normalized spacial score (nSPS) is 10.2. The van der Waals surface area contributed by atoms with Crippen molar-refractivity contribution in [2.45, 2.75) is 12.8 Å². The van der Waals surface area contributed by atoms with Crippen molar-refractivity contribution in [1.29, 1.82) is 0 Å². The van der Waals surface area contributed by atoms with Crippen molar-refractivity contribution in [3.05, 3.63) is 6.92 Å². The zero-order valence-corrected chi connectivity index (χ0v) is 6.47. The van der Waals surface area contributed by atoms with E-state index in [1.54, 1.807) is 7.11 Å². The molecule has 0 aromatic rings. The summed E-state index contributed by atoms with van der Waals surface area (Å²) in [5.74, 6) is 0. The third-order valence-electron chi connectivity index (χ3n) is 0.907. The Balaban J connectivity index is 2.65.